The van der Waals surface area contributed by atoms with Gasteiger partial charge in [-0.3, -0.25) is 9.48 Å². The van der Waals surface area contributed by atoms with Crippen LogP contribution in [-0.4, -0.2) is 54.2 Å². The Morgan fingerprint density at radius 3 is 2.83 bits per heavy atom. The maximum absolute atomic E-state index is 12.3. The number of hydrazine groups is 1. The fourth-order valence-electron chi connectivity index (χ4n) is 2.64. The number of nitrogens with zero attached hydrogens (tertiary/aromatic N) is 6. The number of carboxylic acids is 1. The molecule has 0 unspecified atom stereocenters. The second-order valence-corrected chi connectivity index (χ2v) is 6.87. The number of carboxylic acid groups (broad SMARTS) is 1. The average Bonchev–Trinajstić information content (AvgIpc) is 3.15. The molecule has 0 aliphatic heterocycles. The Morgan fingerprint density at radius 1 is 1.54 bits per heavy atom. The molecule has 1 aromatic rings. The van der Waals surface area contributed by atoms with Gasteiger partial charge in [-0.25, -0.2) is 0 Å². The van der Waals surface area contributed by atoms with Gasteiger partial charge < -0.3 is 15.2 Å². The molecular formula is C14H24N6O4. The maximum Gasteiger partial charge on any atom is 0.306 e. The van der Waals surface area contributed by atoms with Gasteiger partial charge in [-0.15, -0.1) is 10.1 Å². The van der Waals surface area contributed by atoms with Crippen LogP contribution in [0.2, 0.25) is 0 Å². The third kappa shape index (κ3) is 4.80. The first-order valence-corrected chi connectivity index (χ1v) is 7.96. The summed E-state index contributed by atoms with van der Waals surface area (Å²) in [6.07, 6.45) is 4.46. The Kier molecular flexibility index (Phi) is 5.58. The minimum atomic E-state index is -0.829. The van der Waals surface area contributed by atoms with E-state index < -0.39 is 17.4 Å². The Morgan fingerprint density at radius 2 is 2.29 bits per heavy atom. The molecule has 1 fully saturated rings. The Labute approximate surface area is 140 Å². The molecule has 2 atom stereocenters. The number of aliphatic carboxylic acids is 1. The molecule has 0 amide bonds. The third-order valence-corrected chi connectivity index (χ3v) is 3.99. The van der Waals surface area contributed by atoms with Crippen molar-refractivity contribution in [1.29, 1.82) is 0 Å². The zero-order chi connectivity index (χ0) is 17.7. The predicted octanol–water partition coefficient (Wildman–Crippen LogP) is 1.44. The van der Waals surface area contributed by atoms with Crippen molar-refractivity contribution in [2.45, 2.75) is 58.2 Å². The van der Waals surface area contributed by atoms with Gasteiger partial charge in [0.05, 0.1) is 35.7 Å². The summed E-state index contributed by atoms with van der Waals surface area (Å²) in [4.78, 5) is 16.6. The largest absolute Gasteiger partial charge is 0.569 e. The van der Waals surface area contributed by atoms with Gasteiger partial charge >= 0.3 is 5.97 Å². The fraction of sp³-hybridized carbons (Fsp3) is 0.786. The normalized spacial score (nSPS) is 21.7. The summed E-state index contributed by atoms with van der Waals surface area (Å²) in [6, 6.07) is 0. The summed E-state index contributed by atoms with van der Waals surface area (Å²) in [7, 11) is 0. The van der Waals surface area contributed by atoms with Gasteiger partial charge in [0.2, 0.25) is 5.28 Å². The molecule has 1 saturated carbocycles. The number of rotatable bonds is 7. The van der Waals surface area contributed by atoms with Gasteiger partial charge in [0.15, 0.2) is 0 Å². The molecule has 134 valence electrons. The van der Waals surface area contributed by atoms with Crippen LogP contribution in [0.25, 0.3) is 0 Å². The monoisotopic (exact) mass is 340 g/mol. The van der Waals surface area contributed by atoms with E-state index in [0.717, 1.165) is 0 Å². The van der Waals surface area contributed by atoms with E-state index in [1.54, 1.807) is 17.1 Å². The van der Waals surface area contributed by atoms with Gasteiger partial charge in [-0.05, 0) is 33.6 Å². The topological polar surface area (TPSA) is 119 Å². The molecule has 10 nitrogen and oxygen atoms in total. The van der Waals surface area contributed by atoms with Crippen LogP contribution in [0.15, 0.2) is 17.7 Å². The van der Waals surface area contributed by atoms with Crippen molar-refractivity contribution in [3.05, 3.63) is 17.6 Å². The Balaban J connectivity index is 1.94. The van der Waals surface area contributed by atoms with Crippen molar-refractivity contribution in [2.75, 3.05) is 6.54 Å². The van der Waals surface area contributed by atoms with E-state index >= 15 is 0 Å². The predicted molar refractivity (Wildman–Crippen MR) is 82.4 cm³/mol. The van der Waals surface area contributed by atoms with Gasteiger partial charge in [-0.1, -0.05) is 5.21 Å². The fourth-order valence-corrected chi connectivity index (χ4v) is 2.64. The molecule has 1 heterocycles. The first-order chi connectivity index (χ1) is 11.3. The summed E-state index contributed by atoms with van der Waals surface area (Å²) >= 11 is 0. The van der Waals surface area contributed by atoms with Crippen molar-refractivity contribution in [1.82, 2.24) is 20.0 Å². The molecule has 0 saturated heterocycles. The second-order valence-electron chi connectivity index (χ2n) is 6.87. The first kappa shape index (κ1) is 18.0. The molecule has 0 spiro atoms. The van der Waals surface area contributed by atoms with Gasteiger partial charge in [0, 0.05) is 12.6 Å². The average molecular weight is 340 g/mol. The summed E-state index contributed by atoms with van der Waals surface area (Å²) in [5.74, 6) is -1.25. The van der Waals surface area contributed by atoms with E-state index in [4.69, 9.17) is 9.94 Å². The van der Waals surface area contributed by atoms with Crippen LogP contribution in [0.5, 0.6) is 0 Å². The van der Waals surface area contributed by atoms with Gasteiger partial charge in [0.25, 0.3) is 0 Å². The number of carbonyl (C=O) groups is 1. The Bertz CT molecular complexity index is 568. The van der Waals surface area contributed by atoms with Crippen LogP contribution in [0.4, 0.5) is 0 Å². The zero-order valence-corrected chi connectivity index (χ0v) is 14.2. The zero-order valence-electron chi connectivity index (χ0n) is 14.2. The van der Waals surface area contributed by atoms with Gasteiger partial charge in [-0.2, -0.15) is 0 Å². The molecule has 1 aromatic heterocycles. The molecule has 1 N–H and O–H groups in total. The quantitative estimate of drug-likeness (QED) is 0.453. The first-order valence-electron chi connectivity index (χ1n) is 7.96. The minimum absolute atomic E-state index is 0.334. The number of aromatic nitrogens is 3. The van der Waals surface area contributed by atoms with Crippen LogP contribution < -0.4 is 0 Å². The molecule has 0 radical (unpaired) electrons. The van der Waals surface area contributed by atoms with Crippen LogP contribution in [0.1, 0.15) is 40.0 Å². The van der Waals surface area contributed by atoms with Crippen molar-refractivity contribution >= 4 is 5.97 Å². The van der Waals surface area contributed by atoms with E-state index in [-0.39, 0.29) is 6.10 Å². The molecule has 2 rings (SSSR count). The lowest BCUT2D eigenvalue weighted by atomic mass is 10.1. The molecule has 24 heavy (non-hydrogen) atoms. The van der Waals surface area contributed by atoms with E-state index in [2.05, 4.69) is 15.6 Å². The lowest BCUT2D eigenvalue weighted by Crippen LogP contribution is -2.47. The van der Waals surface area contributed by atoms with Crippen LogP contribution >= 0.6 is 0 Å². The summed E-state index contributed by atoms with van der Waals surface area (Å²) in [6.45, 7) is 6.54. The minimum Gasteiger partial charge on any atom is -0.569 e. The van der Waals surface area contributed by atoms with Crippen LogP contribution in [-0.2, 0) is 16.2 Å². The van der Waals surface area contributed by atoms with E-state index in [1.807, 2.05) is 20.8 Å². The van der Waals surface area contributed by atoms with E-state index in [1.165, 1.54) is 5.01 Å². The van der Waals surface area contributed by atoms with Crippen LogP contribution in [0, 0.1) is 11.1 Å². The molecule has 0 bridgehead atoms. The standard InChI is InChI=1S/C14H24N6O4/c1-14(2,3)19(9-8-18-7-6-15-16-18)20(23)17-24-12-5-4-11(10-12)13(21)22/h6-7,11-12H,4-5,8-10H2,1-3H3,(H,21,22)/b20-17-/t11-,12+/m0/s1. The second kappa shape index (κ2) is 7.45. The maximum atomic E-state index is 12.3. The summed E-state index contributed by atoms with van der Waals surface area (Å²) in [5, 5.41) is 34.0. The lowest BCUT2D eigenvalue weighted by Gasteiger charge is -2.30. The lowest BCUT2D eigenvalue weighted by molar-refractivity contribution is -0.726. The van der Waals surface area contributed by atoms with Crippen molar-refractivity contribution in [3.63, 3.8) is 0 Å². The van der Waals surface area contributed by atoms with Crippen molar-refractivity contribution in [2.24, 2.45) is 11.2 Å². The molecule has 1 aliphatic rings. The highest BCUT2D eigenvalue weighted by Crippen LogP contribution is 2.28. The van der Waals surface area contributed by atoms with Crippen LogP contribution in [0.3, 0.4) is 0 Å². The smallest absolute Gasteiger partial charge is 0.306 e. The molecule has 1 aliphatic carbocycles. The van der Waals surface area contributed by atoms with Crippen molar-refractivity contribution in [3.8, 4) is 0 Å². The number of hydrogen-bond acceptors (Lipinski definition) is 6. The number of hydrogen-bond donors (Lipinski definition) is 1. The SMILES string of the molecule is CC(C)(C)N(CCn1ccnn1)/[N+]([O-])=N/O[C@@H]1CC[C@H](C(=O)O)C1. The highest BCUT2D eigenvalue weighted by molar-refractivity contribution is 5.70. The Hall–Kier alpha value is -2.39. The highest BCUT2D eigenvalue weighted by atomic mass is 16.7. The molecule has 10 heteroatoms. The highest BCUT2D eigenvalue weighted by Gasteiger charge is 2.33. The van der Waals surface area contributed by atoms with E-state index in [0.29, 0.717) is 37.3 Å². The summed E-state index contributed by atoms with van der Waals surface area (Å²) < 4.78 is 1.63. The van der Waals surface area contributed by atoms with Crippen molar-refractivity contribution < 1.29 is 19.7 Å². The van der Waals surface area contributed by atoms with Gasteiger partial charge in [0.1, 0.15) is 6.10 Å². The third-order valence-electron chi connectivity index (χ3n) is 3.99. The summed E-state index contributed by atoms with van der Waals surface area (Å²) in [5.41, 5.74) is -0.464. The molecular weight excluding hydrogens is 316 g/mol. The van der Waals surface area contributed by atoms with E-state index in [9.17, 15) is 10.0 Å². The molecule has 0 aromatic carbocycles.